The number of nitrogens with two attached hydrogens (primary N) is 1. The van der Waals surface area contributed by atoms with Crippen molar-refractivity contribution < 1.29 is 14.3 Å². The van der Waals surface area contributed by atoms with Crippen molar-refractivity contribution in [3.8, 4) is 5.75 Å². The lowest BCUT2D eigenvalue weighted by Crippen LogP contribution is -2.43. The zero-order valence-electron chi connectivity index (χ0n) is 21.4. The number of anilines is 1. The van der Waals surface area contributed by atoms with Crippen molar-refractivity contribution in [3.63, 3.8) is 0 Å². The zero-order valence-corrected chi connectivity index (χ0v) is 21.4. The number of nitrogens with one attached hydrogen (secondary N) is 2. The number of allylic oxidation sites excluding steroid dienone is 1. The highest BCUT2D eigenvalue weighted by Gasteiger charge is 2.21. The fourth-order valence-electron chi connectivity index (χ4n) is 4.34. The summed E-state index contributed by atoms with van der Waals surface area (Å²) in [6.07, 6.45) is 5.73. The number of ether oxygens (including phenoxy) is 1. The van der Waals surface area contributed by atoms with Crippen LogP contribution in [0.1, 0.15) is 33.5 Å². The summed E-state index contributed by atoms with van der Waals surface area (Å²) >= 11 is 0. The normalized spacial score (nSPS) is 14.3. The van der Waals surface area contributed by atoms with Crippen molar-refractivity contribution >= 4 is 28.8 Å². The number of amides is 2. The maximum atomic E-state index is 13.1. The average molecular weight is 507 g/mol. The molecule has 0 unspecified atom stereocenters. The van der Waals surface area contributed by atoms with Crippen LogP contribution in [0.5, 0.6) is 5.75 Å². The Bertz CT molecular complexity index is 1320. The first-order chi connectivity index (χ1) is 17.9. The van der Waals surface area contributed by atoms with Gasteiger partial charge in [-0.1, -0.05) is 18.2 Å². The Morgan fingerprint density at radius 2 is 2.00 bits per heavy atom. The van der Waals surface area contributed by atoms with Crippen molar-refractivity contribution in [2.24, 2.45) is 5.73 Å². The highest BCUT2D eigenvalue weighted by Crippen LogP contribution is 2.31. The van der Waals surface area contributed by atoms with Crippen molar-refractivity contribution in [3.05, 3.63) is 60.0 Å². The number of hydrogen-bond acceptors (Lipinski definition) is 7. The van der Waals surface area contributed by atoms with E-state index >= 15 is 0 Å². The molecule has 2 amide bonds. The summed E-state index contributed by atoms with van der Waals surface area (Å²) in [5, 5.41) is 10.6. The van der Waals surface area contributed by atoms with Crippen LogP contribution in [0.15, 0.2) is 43.0 Å². The second-order valence-electron chi connectivity index (χ2n) is 8.81. The number of nitrogens with zero attached hydrogens (tertiary/aromatic N) is 5. The number of aryl methyl sites for hydroxylation is 2. The van der Waals surface area contributed by atoms with Crippen LogP contribution < -0.4 is 21.1 Å². The van der Waals surface area contributed by atoms with Crippen LogP contribution in [0, 0.1) is 6.92 Å². The van der Waals surface area contributed by atoms with E-state index in [9.17, 15) is 9.59 Å². The van der Waals surface area contributed by atoms with Crippen LogP contribution >= 0.6 is 0 Å². The van der Waals surface area contributed by atoms with Gasteiger partial charge in [-0.2, -0.15) is 5.10 Å². The minimum absolute atomic E-state index is 0.271. The first-order valence-corrected chi connectivity index (χ1v) is 12.4. The van der Waals surface area contributed by atoms with Gasteiger partial charge in [0.2, 0.25) is 11.9 Å². The molecule has 37 heavy (non-hydrogen) atoms. The lowest BCUT2D eigenvalue weighted by Gasteiger charge is -2.25. The molecule has 3 aromatic rings. The third-order valence-electron chi connectivity index (χ3n) is 6.14. The molecule has 2 aromatic heterocycles. The van der Waals surface area contributed by atoms with Crippen molar-refractivity contribution in [2.75, 3.05) is 44.6 Å². The minimum Gasteiger partial charge on any atom is -0.487 e. The Balaban J connectivity index is 1.62. The molecule has 1 aliphatic rings. The summed E-state index contributed by atoms with van der Waals surface area (Å²) in [7, 11) is 0. The molecule has 0 saturated carbocycles. The third-order valence-corrected chi connectivity index (χ3v) is 6.14. The molecule has 196 valence electrons. The molecule has 4 rings (SSSR count). The number of rotatable bonds is 11. The van der Waals surface area contributed by atoms with Gasteiger partial charge in [-0.3, -0.25) is 24.5 Å². The van der Waals surface area contributed by atoms with Crippen LogP contribution in [0.2, 0.25) is 0 Å². The molecule has 0 aliphatic carbocycles. The second kappa shape index (κ2) is 11.8. The monoisotopic (exact) mass is 506 g/mol. The SMILES string of the molecule is C=CCn1c(NC(=O)c2cc(C)nn2CC)nc2cc(C(N)=O)cc(OC/C=C/CN3CCNCC3)c21. The van der Waals surface area contributed by atoms with Gasteiger partial charge in [-0.05, 0) is 32.0 Å². The maximum Gasteiger partial charge on any atom is 0.276 e. The quantitative estimate of drug-likeness (QED) is 0.339. The fourth-order valence-corrected chi connectivity index (χ4v) is 4.34. The van der Waals surface area contributed by atoms with E-state index in [4.69, 9.17) is 10.5 Å². The number of fused-ring (bicyclic) bond motifs is 1. The Labute approximate surface area is 216 Å². The van der Waals surface area contributed by atoms with E-state index in [1.54, 1.807) is 33.5 Å². The molecule has 1 aromatic carbocycles. The maximum absolute atomic E-state index is 13.1. The number of benzene rings is 1. The largest absolute Gasteiger partial charge is 0.487 e. The molecule has 0 spiro atoms. The van der Waals surface area contributed by atoms with Crippen molar-refractivity contribution in [1.82, 2.24) is 29.5 Å². The van der Waals surface area contributed by atoms with Crippen molar-refractivity contribution in [1.29, 1.82) is 0 Å². The Morgan fingerprint density at radius 3 is 2.70 bits per heavy atom. The van der Waals surface area contributed by atoms with Crippen molar-refractivity contribution in [2.45, 2.75) is 26.9 Å². The van der Waals surface area contributed by atoms with Crippen LogP contribution in [0.25, 0.3) is 11.0 Å². The molecule has 11 heteroatoms. The summed E-state index contributed by atoms with van der Waals surface area (Å²) in [5.41, 5.74) is 8.14. The number of piperazine rings is 1. The van der Waals surface area contributed by atoms with Gasteiger partial charge in [-0.25, -0.2) is 4.98 Å². The van der Waals surface area contributed by atoms with Gasteiger partial charge in [0.25, 0.3) is 5.91 Å². The van der Waals surface area contributed by atoms with Gasteiger partial charge in [0.1, 0.15) is 23.6 Å². The van der Waals surface area contributed by atoms with Crippen LogP contribution in [0.4, 0.5) is 5.95 Å². The van der Waals surface area contributed by atoms with Gasteiger partial charge in [0, 0.05) is 51.4 Å². The first kappa shape index (κ1) is 26.1. The molecule has 1 fully saturated rings. The van der Waals surface area contributed by atoms with E-state index in [0.717, 1.165) is 38.4 Å². The molecule has 4 N–H and O–H groups in total. The number of hydrogen-bond donors (Lipinski definition) is 3. The molecule has 1 aliphatic heterocycles. The molecular weight excluding hydrogens is 472 g/mol. The number of carbonyl (C=O) groups excluding carboxylic acids is 2. The first-order valence-electron chi connectivity index (χ1n) is 12.4. The Kier molecular flexibility index (Phi) is 8.36. The molecule has 1 saturated heterocycles. The van der Waals surface area contributed by atoms with E-state index in [1.165, 1.54) is 0 Å². The van der Waals surface area contributed by atoms with Crippen LogP contribution in [0.3, 0.4) is 0 Å². The van der Waals surface area contributed by atoms with E-state index in [2.05, 4.69) is 38.3 Å². The summed E-state index contributed by atoms with van der Waals surface area (Å²) < 4.78 is 9.51. The minimum atomic E-state index is -0.591. The number of primary amides is 1. The summed E-state index contributed by atoms with van der Waals surface area (Å²) in [5.74, 6) is -0.173. The highest BCUT2D eigenvalue weighted by molar-refractivity contribution is 6.04. The van der Waals surface area contributed by atoms with Gasteiger partial charge in [0.05, 0.1) is 11.2 Å². The van der Waals surface area contributed by atoms with E-state index in [-0.39, 0.29) is 11.5 Å². The van der Waals surface area contributed by atoms with Gasteiger partial charge >= 0.3 is 0 Å². The molecular formula is C26H34N8O3. The number of aromatic nitrogens is 4. The summed E-state index contributed by atoms with van der Waals surface area (Å²) in [6, 6.07) is 4.93. The molecule has 11 nitrogen and oxygen atoms in total. The molecule has 0 atom stereocenters. The van der Waals surface area contributed by atoms with E-state index in [0.29, 0.717) is 48.1 Å². The topological polar surface area (TPSA) is 132 Å². The second-order valence-corrected chi connectivity index (χ2v) is 8.81. The smallest absolute Gasteiger partial charge is 0.276 e. The van der Waals surface area contributed by atoms with Gasteiger partial charge in [0.15, 0.2) is 0 Å². The van der Waals surface area contributed by atoms with Gasteiger partial charge < -0.3 is 20.4 Å². The fraction of sp³-hybridized carbons (Fsp3) is 0.385. The lowest BCUT2D eigenvalue weighted by molar-refractivity contribution is 0.0995. The average Bonchev–Trinajstić information content (AvgIpc) is 3.44. The summed E-state index contributed by atoms with van der Waals surface area (Å²) in [6.45, 7) is 13.7. The number of carbonyl (C=O) groups is 2. The highest BCUT2D eigenvalue weighted by atomic mass is 16.5. The van der Waals surface area contributed by atoms with Crippen LogP contribution in [-0.4, -0.2) is 75.4 Å². The molecule has 0 radical (unpaired) electrons. The summed E-state index contributed by atoms with van der Waals surface area (Å²) in [4.78, 5) is 32.1. The van der Waals surface area contributed by atoms with Crippen LogP contribution in [-0.2, 0) is 13.1 Å². The van der Waals surface area contributed by atoms with E-state index < -0.39 is 5.91 Å². The Morgan fingerprint density at radius 1 is 1.22 bits per heavy atom. The third kappa shape index (κ3) is 6.07. The predicted octanol–water partition coefficient (Wildman–Crippen LogP) is 1.94. The Hall–Kier alpha value is -3.96. The zero-order chi connectivity index (χ0) is 26.4. The standard InChI is InChI=1S/C26H34N8O3/c1-4-10-33-23-20(29-26(33)30-25(36)21-15-18(3)31-34(21)5-2)16-19(24(27)35)17-22(23)37-14-7-6-11-32-12-8-28-9-13-32/h4,6-7,15-17,28H,1,5,8-14H2,2-3H3,(H2,27,35)(H,29,30,36)/b7-6+. The molecule has 0 bridgehead atoms. The number of imidazole rings is 1. The van der Waals surface area contributed by atoms with E-state index in [1.807, 2.05) is 19.9 Å². The predicted molar refractivity (Wildman–Crippen MR) is 143 cm³/mol. The lowest BCUT2D eigenvalue weighted by atomic mass is 10.1. The molecule has 3 heterocycles. The van der Waals surface area contributed by atoms with Gasteiger partial charge in [-0.15, -0.1) is 6.58 Å².